The fourth-order valence-electron chi connectivity index (χ4n) is 3.09. The third-order valence-corrected chi connectivity index (χ3v) is 4.35. The first-order chi connectivity index (χ1) is 13.0. The van der Waals surface area contributed by atoms with Gasteiger partial charge >= 0.3 is 0 Å². The number of phenols is 1. The minimum Gasteiger partial charge on any atom is -0.545 e. The maximum Gasteiger partial charge on any atom is 0.166 e. The highest BCUT2D eigenvalue weighted by Gasteiger charge is 2.38. The van der Waals surface area contributed by atoms with E-state index in [9.17, 15) is 19.8 Å². The van der Waals surface area contributed by atoms with Crippen LogP contribution in [-0.2, 0) is 9.59 Å². The number of carbonyl (C=O) groups excluding carboxylic acids is 2. The second-order valence-electron chi connectivity index (χ2n) is 5.93. The van der Waals surface area contributed by atoms with E-state index in [0.29, 0.717) is 28.2 Å². The third kappa shape index (κ3) is 3.44. The number of aromatic hydroxyl groups is 1. The molecule has 0 aliphatic carbocycles. The van der Waals surface area contributed by atoms with Crippen LogP contribution in [0.1, 0.15) is 28.7 Å². The van der Waals surface area contributed by atoms with Crippen LogP contribution in [0.25, 0.3) is 6.08 Å². The van der Waals surface area contributed by atoms with Crippen molar-refractivity contribution in [2.45, 2.75) is 12.0 Å². The fourth-order valence-corrected chi connectivity index (χ4v) is 3.09. The molecule has 0 unspecified atom stereocenters. The summed E-state index contributed by atoms with van der Waals surface area (Å²) in [7, 11) is 2.89. The van der Waals surface area contributed by atoms with Gasteiger partial charge < -0.3 is 34.0 Å². The Balaban J connectivity index is 2.06. The largest absolute Gasteiger partial charge is 0.545 e. The topological polar surface area (TPSA) is 105 Å². The molecule has 27 heavy (non-hydrogen) atoms. The summed E-state index contributed by atoms with van der Waals surface area (Å²) >= 11 is 0. The summed E-state index contributed by atoms with van der Waals surface area (Å²) < 4.78 is 16.5. The van der Waals surface area contributed by atoms with E-state index in [0.717, 1.165) is 12.4 Å². The Morgan fingerprint density at radius 3 is 2.56 bits per heavy atom. The van der Waals surface area contributed by atoms with Gasteiger partial charge in [0.15, 0.2) is 23.0 Å². The molecule has 7 nitrogen and oxygen atoms in total. The van der Waals surface area contributed by atoms with E-state index in [4.69, 9.17) is 14.2 Å². The predicted molar refractivity (Wildman–Crippen MR) is 93.9 cm³/mol. The fraction of sp³-hybridized carbons (Fsp3) is 0.200. The Labute approximate surface area is 155 Å². The van der Waals surface area contributed by atoms with Gasteiger partial charge in [-0.05, 0) is 41.5 Å². The molecule has 0 amide bonds. The van der Waals surface area contributed by atoms with Crippen molar-refractivity contribution in [1.82, 2.24) is 0 Å². The van der Waals surface area contributed by atoms with Gasteiger partial charge in [0.05, 0.1) is 26.1 Å². The van der Waals surface area contributed by atoms with Crippen molar-refractivity contribution in [2.75, 3.05) is 14.2 Å². The summed E-state index contributed by atoms with van der Waals surface area (Å²) in [6.07, 6.45) is 2.38. The molecule has 0 fully saturated rings. The van der Waals surface area contributed by atoms with Gasteiger partial charge in [0.25, 0.3) is 0 Å². The van der Waals surface area contributed by atoms with Gasteiger partial charge in [0.2, 0.25) is 0 Å². The number of fused-ring (bicyclic) bond motifs is 1. The molecule has 0 radical (unpaired) electrons. The number of rotatable bonds is 6. The molecular weight excluding hydrogens is 352 g/mol. The summed E-state index contributed by atoms with van der Waals surface area (Å²) in [6, 6.07) is 8.00. The number of aliphatic carboxylic acids is 1. The van der Waals surface area contributed by atoms with Crippen molar-refractivity contribution in [3.8, 4) is 23.0 Å². The van der Waals surface area contributed by atoms with Crippen LogP contribution in [0.5, 0.6) is 23.0 Å². The maximum atomic E-state index is 11.8. The van der Waals surface area contributed by atoms with Crippen molar-refractivity contribution in [2.24, 2.45) is 0 Å². The number of hydrogen-bond acceptors (Lipinski definition) is 7. The Hall–Kier alpha value is -3.48. The van der Waals surface area contributed by atoms with Crippen molar-refractivity contribution >= 4 is 18.3 Å². The van der Waals surface area contributed by atoms with Crippen LogP contribution >= 0.6 is 0 Å². The average molecular weight is 369 g/mol. The zero-order valence-corrected chi connectivity index (χ0v) is 14.7. The highest BCUT2D eigenvalue weighted by Crippen LogP contribution is 2.50. The van der Waals surface area contributed by atoms with Crippen LogP contribution < -0.4 is 19.3 Å². The predicted octanol–water partition coefficient (Wildman–Crippen LogP) is 1.59. The first-order valence-corrected chi connectivity index (χ1v) is 8.08. The van der Waals surface area contributed by atoms with Gasteiger partial charge in [-0.15, -0.1) is 0 Å². The van der Waals surface area contributed by atoms with Crippen LogP contribution in [0.15, 0.2) is 36.4 Å². The summed E-state index contributed by atoms with van der Waals surface area (Å²) in [5.74, 6) is -0.929. The second kappa shape index (κ2) is 7.41. The molecule has 0 spiro atoms. The van der Waals surface area contributed by atoms with E-state index in [1.54, 1.807) is 24.3 Å². The number of benzene rings is 2. The Bertz CT molecular complexity index is 917. The molecule has 3 rings (SSSR count). The molecule has 1 N–H and O–H groups in total. The lowest BCUT2D eigenvalue weighted by Gasteiger charge is -2.16. The van der Waals surface area contributed by atoms with Crippen molar-refractivity contribution in [1.29, 1.82) is 0 Å². The monoisotopic (exact) mass is 369 g/mol. The standard InChI is InChI=1S/C20H18O7/c1-25-16-9-12(4-5-15(16)22)19-14(10-21)13-7-11(3-6-18(23)24)8-17(26-2)20(13)27-19/h3-10,14,19,22H,1-2H3,(H,23,24)/p-1/b6-3+/t14-,19+/m0/s1. The van der Waals surface area contributed by atoms with Gasteiger partial charge in [-0.3, -0.25) is 0 Å². The lowest BCUT2D eigenvalue weighted by molar-refractivity contribution is -0.297. The molecule has 0 bridgehead atoms. The van der Waals surface area contributed by atoms with E-state index in [-0.39, 0.29) is 11.5 Å². The Morgan fingerprint density at radius 1 is 1.19 bits per heavy atom. The van der Waals surface area contributed by atoms with Crippen molar-refractivity contribution in [3.05, 3.63) is 53.1 Å². The van der Waals surface area contributed by atoms with Crippen LogP contribution in [0.2, 0.25) is 0 Å². The molecule has 0 aromatic heterocycles. The highest BCUT2D eigenvalue weighted by molar-refractivity contribution is 5.84. The molecular formula is C20H17O7-. The summed E-state index contributed by atoms with van der Waals surface area (Å²) in [6.45, 7) is 0. The average Bonchev–Trinajstić information content (AvgIpc) is 3.04. The second-order valence-corrected chi connectivity index (χ2v) is 5.93. The number of ether oxygens (including phenoxy) is 3. The molecule has 2 aromatic rings. The minimum atomic E-state index is -1.33. The molecule has 1 heterocycles. The van der Waals surface area contributed by atoms with E-state index < -0.39 is 18.0 Å². The number of methoxy groups -OCH3 is 2. The van der Waals surface area contributed by atoms with Crippen LogP contribution in [0.4, 0.5) is 0 Å². The number of phenolic OH excluding ortho intramolecular Hbond substituents is 1. The minimum absolute atomic E-state index is 0.0216. The van der Waals surface area contributed by atoms with Gasteiger partial charge in [-0.1, -0.05) is 12.1 Å². The zero-order chi connectivity index (χ0) is 19.6. The summed E-state index contributed by atoms with van der Waals surface area (Å²) in [5, 5.41) is 20.4. The number of carboxylic acids is 1. The van der Waals surface area contributed by atoms with E-state index >= 15 is 0 Å². The first kappa shape index (κ1) is 18.3. The number of carboxylic acid groups (broad SMARTS) is 1. The van der Waals surface area contributed by atoms with Gasteiger partial charge in [0, 0.05) is 5.56 Å². The van der Waals surface area contributed by atoms with Gasteiger partial charge in [-0.2, -0.15) is 0 Å². The van der Waals surface area contributed by atoms with Crippen LogP contribution in [0.3, 0.4) is 0 Å². The first-order valence-electron chi connectivity index (χ1n) is 8.08. The summed E-state index contributed by atoms with van der Waals surface area (Å²) in [4.78, 5) is 22.5. The molecule has 2 aromatic carbocycles. The third-order valence-electron chi connectivity index (χ3n) is 4.35. The van der Waals surface area contributed by atoms with Gasteiger partial charge in [-0.25, -0.2) is 0 Å². The quantitative estimate of drug-likeness (QED) is 0.609. The van der Waals surface area contributed by atoms with E-state index in [2.05, 4.69) is 0 Å². The molecule has 1 aliphatic heterocycles. The lowest BCUT2D eigenvalue weighted by atomic mass is 9.91. The lowest BCUT2D eigenvalue weighted by Crippen LogP contribution is -2.18. The zero-order valence-electron chi connectivity index (χ0n) is 14.7. The Morgan fingerprint density at radius 2 is 1.93 bits per heavy atom. The molecule has 7 heteroatoms. The smallest absolute Gasteiger partial charge is 0.166 e. The normalized spacial score (nSPS) is 18.0. The molecule has 2 atom stereocenters. The number of hydrogen-bond donors (Lipinski definition) is 1. The van der Waals surface area contributed by atoms with Crippen molar-refractivity contribution in [3.63, 3.8) is 0 Å². The van der Waals surface area contributed by atoms with Gasteiger partial charge in [0.1, 0.15) is 12.4 Å². The van der Waals surface area contributed by atoms with Crippen LogP contribution in [0, 0.1) is 0 Å². The van der Waals surface area contributed by atoms with Crippen molar-refractivity contribution < 1.29 is 34.0 Å². The van der Waals surface area contributed by atoms with Crippen LogP contribution in [-0.4, -0.2) is 31.6 Å². The highest BCUT2D eigenvalue weighted by atomic mass is 16.5. The van der Waals surface area contributed by atoms with E-state index in [1.807, 2.05) is 0 Å². The Kier molecular flexibility index (Phi) is 5.03. The SMILES string of the molecule is COc1cc([C@H]2Oc3c(OC)cc(/C=C/C(=O)[O-])cc3[C@@H]2C=O)ccc1O. The number of aldehydes is 1. The molecule has 0 saturated carbocycles. The molecule has 140 valence electrons. The maximum absolute atomic E-state index is 11.8. The summed E-state index contributed by atoms with van der Waals surface area (Å²) in [5.41, 5.74) is 1.76. The number of carbonyl (C=O) groups is 2. The van der Waals surface area contributed by atoms with E-state index in [1.165, 1.54) is 26.4 Å². The molecule has 1 aliphatic rings. The molecule has 0 saturated heterocycles.